The smallest absolute Gasteiger partial charge is 0.250 e. The minimum atomic E-state index is -2.80. The number of hydrogen-bond donors (Lipinski definition) is 0. The quantitative estimate of drug-likeness (QED) is 0.813. The van der Waals surface area contributed by atoms with Gasteiger partial charge in [-0.05, 0) is 12.1 Å². The number of nitrogens with zero attached hydrogens (tertiary/aromatic N) is 2. The molecule has 1 heterocycles. The Balaban J connectivity index is 2.45. The SMILES string of the molecule is Fc1cc(-c2cnc(C(F)F)c(Cl)n2)ccc1Cl. The minimum absolute atomic E-state index is 0.0398. The fourth-order valence-electron chi connectivity index (χ4n) is 1.32. The van der Waals surface area contributed by atoms with Crippen LogP contribution in [0.5, 0.6) is 0 Å². The van der Waals surface area contributed by atoms with E-state index in [4.69, 9.17) is 23.2 Å². The molecule has 0 N–H and O–H groups in total. The lowest BCUT2D eigenvalue weighted by Gasteiger charge is -2.05. The predicted molar refractivity (Wildman–Crippen MR) is 62.4 cm³/mol. The monoisotopic (exact) mass is 292 g/mol. The summed E-state index contributed by atoms with van der Waals surface area (Å²) in [5.41, 5.74) is -0.0538. The Morgan fingerprint density at radius 2 is 1.89 bits per heavy atom. The molecule has 18 heavy (non-hydrogen) atoms. The van der Waals surface area contributed by atoms with E-state index in [2.05, 4.69) is 9.97 Å². The zero-order valence-corrected chi connectivity index (χ0v) is 10.2. The van der Waals surface area contributed by atoms with Gasteiger partial charge in [0.1, 0.15) is 11.5 Å². The van der Waals surface area contributed by atoms with Gasteiger partial charge in [-0.3, -0.25) is 0 Å². The molecule has 2 rings (SSSR count). The Labute approximate surface area is 110 Å². The standard InChI is InChI=1S/C11H5Cl2F3N2/c12-6-2-1-5(3-7(6)14)8-4-17-9(11(15)16)10(13)18-8/h1-4,11H. The van der Waals surface area contributed by atoms with Crippen molar-refractivity contribution in [1.29, 1.82) is 0 Å². The average Bonchev–Trinajstić information content (AvgIpc) is 2.32. The van der Waals surface area contributed by atoms with Crippen molar-refractivity contribution in [1.82, 2.24) is 9.97 Å². The van der Waals surface area contributed by atoms with Crippen molar-refractivity contribution in [2.24, 2.45) is 0 Å². The number of rotatable bonds is 2. The van der Waals surface area contributed by atoms with Crippen LogP contribution in [0.2, 0.25) is 10.2 Å². The van der Waals surface area contributed by atoms with Gasteiger partial charge in [0.2, 0.25) is 0 Å². The molecule has 7 heteroatoms. The van der Waals surface area contributed by atoms with Crippen molar-refractivity contribution in [2.45, 2.75) is 6.43 Å². The summed E-state index contributed by atoms with van der Waals surface area (Å²) < 4.78 is 38.1. The molecular weight excluding hydrogens is 288 g/mol. The van der Waals surface area contributed by atoms with Gasteiger partial charge in [-0.25, -0.2) is 23.1 Å². The summed E-state index contributed by atoms with van der Waals surface area (Å²) in [4.78, 5) is 7.25. The minimum Gasteiger partial charge on any atom is -0.250 e. The molecule has 1 aromatic carbocycles. The van der Waals surface area contributed by atoms with E-state index in [1.807, 2.05) is 0 Å². The molecule has 0 aliphatic heterocycles. The molecule has 0 saturated heterocycles. The Morgan fingerprint density at radius 3 is 2.44 bits per heavy atom. The largest absolute Gasteiger partial charge is 0.283 e. The first-order chi connectivity index (χ1) is 8.49. The van der Waals surface area contributed by atoms with E-state index in [1.165, 1.54) is 12.1 Å². The van der Waals surface area contributed by atoms with Gasteiger partial charge >= 0.3 is 0 Å². The summed E-state index contributed by atoms with van der Waals surface area (Å²) in [5, 5.41) is -0.445. The molecule has 0 saturated carbocycles. The Bertz CT molecular complexity index is 590. The molecule has 0 fully saturated rings. The maximum absolute atomic E-state index is 13.2. The first-order valence-electron chi connectivity index (χ1n) is 4.75. The molecule has 2 aromatic rings. The number of benzene rings is 1. The summed E-state index contributed by atoms with van der Waals surface area (Å²) in [6.07, 6.45) is -1.70. The molecule has 0 bridgehead atoms. The molecule has 0 unspecified atom stereocenters. The van der Waals surface area contributed by atoms with Crippen molar-refractivity contribution in [3.05, 3.63) is 46.1 Å². The highest BCUT2D eigenvalue weighted by atomic mass is 35.5. The van der Waals surface area contributed by atoms with Crippen molar-refractivity contribution in [2.75, 3.05) is 0 Å². The van der Waals surface area contributed by atoms with E-state index in [0.29, 0.717) is 5.56 Å². The second kappa shape index (κ2) is 5.12. The molecule has 2 nitrogen and oxygen atoms in total. The van der Waals surface area contributed by atoms with Crippen molar-refractivity contribution >= 4 is 23.2 Å². The summed E-state index contributed by atoms with van der Waals surface area (Å²) in [6.45, 7) is 0. The fraction of sp³-hybridized carbons (Fsp3) is 0.0909. The molecule has 0 atom stereocenters. The molecule has 0 aliphatic carbocycles. The van der Waals surface area contributed by atoms with Crippen LogP contribution in [0.25, 0.3) is 11.3 Å². The van der Waals surface area contributed by atoms with E-state index in [-0.39, 0.29) is 10.7 Å². The van der Waals surface area contributed by atoms with Gasteiger partial charge in [-0.1, -0.05) is 29.3 Å². The van der Waals surface area contributed by atoms with Crippen LogP contribution in [0.3, 0.4) is 0 Å². The highest BCUT2D eigenvalue weighted by Crippen LogP contribution is 2.27. The van der Waals surface area contributed by atoms with Crippen LogP contribution >= 0.6 is 23.2 Å². The third-order valence-electron chi connectivity index (χ3n) is 2.18. The summed E-state index contributed by atoms with van der Waals surface area (Å²) in [6, 6.07) is 3.96. The highest BCUT2D eigenvalue weighted by molar-refractivity contribution is 6.31. The van der Waals surface area contributed by atoms with Crippen LogP contribution in [0, 0.1) is 5.82 Å². The average molecular weight is 293 g/mol. The number of aromatic nitrogens is 2. The lowest BCUT2D eigenvalue weighted by atomic mass is 10.1. The lowest BCUT2D eigenvalue weighted by Crippen LogP contribution is -1.96. The molecule has 0 aliphatic rings. The van der Waals surface area contributed by atoms with Crippen molar-refractivity contribution in [3.8, 4) is 11.3 Å². The van der Waals surface area contributed by atoms with E-state index in [1.54, 1.807) is 0 Å². The number of halogens is 5. The summed E-state index contributed by atoms with van der Waals surface area (Å²) in [5.74, 6) is -0.634. The molecule has 1 aromatic heterocycles. The zero-order valence-electron chi connectivity index (χ0n) is 8.67. The van der Waals surface area contributed by atoms with E-state index < -0.39 is 23.1 Å². The second-order valence-electron chi connectivity index (χ2n) is 3.36. The van der Waals surface area contributed by atoms with Crippen LogP contribution in [0.15, 0.2) is 24.4 Å². The van der Waals surface area contributed by atoms with Crippen LogP contribution in [0.4, 0.5) is 13.2 Å². The van der Waals surface area contributed by atoms with Gasteiger partial charge in [0.25, 0.3) is 6.43 Å². The first-order valence-corrected chi connectivity index (χ1v) is 5.50. The number of hydrogen-bond acceptors (Lipinski definition) is 2. The maximum Gasteiger partial charge on any atom is 0.283 e. The van der Waals surface area contributed by atoms with Crippen LogP contribution in [-0.2, 0) is 0 Å². The van der Waals surface area contributed by atoms with Gasteiger partial charge < -0.3 is 0 Å². The van der Waals surface area contributed by atoms with Crippen molar-refractivity contribution < 1.29 is 13.2 Å². The van der Waals surface area contributed by atoms with Gasteiger partial charge in [0.05, 0.1) is 16.9 Å². The van der Waals surface area contributed by atoms with Crippen LogP contribution in [0.1, 0.15) is 12.1 Å². The van der Waals surface area contributed by atoms with Gasteiger partial charge in [0.15, 0.2) is 5.15 Å². The molecule has 0 amide bonds. The highest BCUT2D eigenvalue weighted by Gasteiger charge is 2.16. The Kier molecular flexibility index (Phi) is 3.73. The Morgan fingerprint density at radius 1 is 1.17 bits per heavy atom. The normalized spacial score (nSPS) is 11.0. The topological polar surface area (TPSA) is 25.8 Å². The van der Waals surface area contributed by atoms with Gasteiger partial charge in [0, 0.05) is 5.56 Å². The molecule has 0 spiro atoms. The molecule has 94 valence electrons. The van der Waals surface area contributed by atoms with Crippen molar-refractivity contribution in [3.63, 3.8) is 0 Å². The molecule has 0 radical (unpaired) electrons. The molecular formula is C11H5Cl2F3N2. The lowest BCUT2D eigenvalue weighted by molar-refractivity contribution is 0.146. The first kappa shape index (κ1) is 13.1. The van der Waals surface area contributed by atoms with Gasteiger partial charge in [-0.15, -0.1) is 0 Å². The van der Waals surface area contributed by atoms with E-state index in [0.717, 1.165) is 12.3 Å². The van der Waals surface area contributed by atoms with E-state index >= 15 is 0 Å². The summed E-state index contributed by atoms with van der Waals surface area (Å²) in [7, 11) is 0. The second-order valence-corrected chi connectivity index (χ2v) is 4.13. The third kappa shape index (κ3) is 2.57. The van der Waals surface area contributed by atoms with E-state index in [9.17, 15) is 13.2 Å². The Hall–Kier alpha value is -1.33. The fourth-order valence-corrected chi connectivity index (χ4v) is 1.66. The van der Waals surface area contributed by atoms with Crippen LogP contribution < -0.4 is 0 Å². The summed E-state index contributed by atoms with van der Waals surface area (Å²) >= 11 is 11.1. The zero-order chi connectivity index (χ0) is 13.3. The number of alkyl halides is 2. The van der Waals surface area contributed by atoms with Gasteiger partial charge in [-0.2, -0.15) is 0 Å². The van der Waals surface area contributed by atoms with Crippen LogP contribution in [-0.4, -0.2) is 9.97 Å². The predicted octanol–water partition coefficient (Wildman–Crippen LogP) is 4.53. The third-order valence-corrected chi connectivity index (χ3v) is 2.76. The maximum atomic E-state index is 13.2.